The van der Waals surface area contributed by atoms with Crippen molar-refractivity contribution in [3.63, 3.8) is 0 Å². The van der Waals surface area contributed by atoms with Gasteiger partial charge in [0.1, 0.15) is 0 Å². The first kappa shape index (κ1) is 5.28. The number of halogens is 1. The van der Waals surface area contributed by atoms with Crippen LogP contribution in [-0.2, 0) is 7.05 Å². The van der Waals surface area contributed by atoms with E-state index in [1.54, 1.807) is 20.2 Å². The zero-order valence-electron chi connectivity index (χ0n) is 4.85. The molecule has 0 atom stereocenters. The molecule has 1 heterocycles. The first-order chi connectivity index (χ1) is 3.70. The van der Waals surface area contributed by atoms with Crippen LogP contribution in [0.3, 0.4) is 0 Å². The van der Waals surface area contributed by atoms with Crippen molar-refractivity contribution in [3.05, 3.63) is 17.7 Å². The molecule has 0 aliphatic rings. The minimum atomic E-state index is -0.382. The lowest BCUT2D eigenvalue weighted by Crippen LogP contribution is -1.86. The molecule has 0 unspecified atom stereocenters. The van der Waals surface area contributed by atoms with E-state index >= 15 is 0 Å². The minimum Gasteiger partial charge on any atom is -0.273 e. The third-order valence-corrected chi connectivity index (χ3v) is 0.951. The lowest BCUT2D eigenvalue weighted by atomic mass is 10.4. The van der Waals surface area contributed by atoms with Crippen LogP contribution in [0.5, 0.6) is 0 Å². The summed E-state index contributed by atoms with van der Waals surface area (Å²) in [5.41, 5.74) is 0.590. The fourth-order valence-corrected chi connectivity index (χ4v) is 0.580. The highest BCUT2D eigenvalue weighted by molar-refractivity contribution is 5.01. The van der Waals surface area contributed by atoms with Gasteiger partial charge in [-0.3, -0.25) is 4.68 Å². The SMILES string of the molecule is Cc1cn(C)nc1F. The molecule has 0 bridgehead atoms. The Morgan fingerprint density at radius 2 is 2.38 bits per heavy atom. The summed E-state index contributed by atoms with van der Waals surface area (Å²) in [5.74, 6) is -0.382. The van der Waals surface area contributed by atoms with Gasteiger partial charge >= 0.3 is 0 Å². The van der Waals surface area contributed by atoms with Crippen molar-refractivity contribution in [2.24, 2.45) is 7.05 Å². The smallest absolute Gasteiger partial charge is 0.235 e. The second kappa shape index (κ2) is 1.58. The standard InChI is InChI=1S/C5H7FN2/c1-4-3-8(2)7-5(4)6/h3H,1-2H3. The predicted octanol–water partition coefficient (Wildman–Crippen LogP) is 0.868. The number of nitrogens with zero attached hydrogens (tertiary/aromatic N) is 2. The Morgan fingerprint density at radius 3 is 2.50 bits per heavy atom. The molecular formula is C5H7FN2. The molecule has 0 radical (unpaired) electrons. The Hall–Kier alpha value is -0.860. The van der Waals surface area contributed by atoms with Gasteiger partial charge in [-0.1, -0.05) is 0 Å². The lowest BCUT2D eigenvalue weighted by molar-refractivity contribution is 0.548. The van der Waals surface area contributed by atoms with Crippen LogP contribution in [0.4, 0.5) is 4.39 Å². The molecule has 0 aliphatic carbocycles. The Labute approximate surface area is 46.9 Å². The molecule has 44 valence electrons. The molecule has 0 fully saturated rings. The topological polar surface area (TPSA) is 17.8 Å². The largest absolute Gasteiger partial charge is 0.273 e. The van der Waals surface area contributed by atoms with Gasteiger partial charge in [-0.25, -0.2) is 0 Å². The van der Waals surface area contributed by atoms with Gasteiger partial charge < -0.3 is 0 Å². The molecule has 0 N–H and O–H groups in total. The fraction of sp³-hybridized carbons (Fsp3) is 0.400. The van der Waals surface area contributed by atoms with Gasteiger partial charge in [-0.2, -0.15) is 4.39 Å². The summed E-state index contributed by atoms with van der Waals surface area (Å²) < 4.78 is 13.7. The van der Waals surface area contributed by atoms with Gasteiger partial charge in [0.05, 0.1) is 0 Å². The Morgan fingerprint density at radius 1 is 1.75 bits per heavy atom. The van der Waals surface area contributed by atoms with Crippen molar-refractivity contribution in [1.82, 2.24) is 9.78 Å². The predicted molar refractivity (Wildman–Crippen MR) is 27.9 cm³/mol. The first-order valence-electron chi connectivity index (χ1n) is 2.36. The quantitative estimate of drug-likeness (QED) is 0.489. The average Bonchev–Trinajstić information content (AvgIpc) is 1.85. The summed E-state index contributed by atoms with van der Waals surface area (Å²) in [5, 5.41) is 3.46. The highest BCUT2D eigenvalue weighted by Gasteiger charge is 1.97. The van der Waals surface area contributed by atoms with Crippen LogP contribution in [0.15, 0.2) is 6.20 Å². The van der Waals surface area contributed by atoms with E-state index in [0.29, 0.717) is 5.56 Å². The molecule has 1 aromatic rings. The summed E-state index contributed by atoms with van der Waals surface area (Å²) in [6.45, 7) is 1.68. The van der Waals surface area contributed by atoms with E-state index < -0.39 is 0 Å². The second-order valence-electron chi connectivity index (χ2n) is 1.78. The van der Waals surface area contributed by atoms with E-state index in [1.807, 2.05) is 0 Å². The summed E-state index contributed by atoms with van der Waals surface area (Å²) in [6.07, 6.45) is 1.63. The van der Waals surface area contributed by atoms with Crippen LogP contribution < -0.4 is 0 Å². The summed E-state index contributed by atoms with van der Waals surface area (Å²) in [4.78, 5) is 0. The molecular weight excluding hydrogens is 107 g/mol. The van der Waals surface area contributed by atoms with Crippen LogP contribution >= 0.6 is 0 Å². The maximum Gasteiger partial charge on any atom is 0.235 e. The van der Waals surface area contributed by atoms with Crippen molar-refractivity contribution in [2.75, 3.05) is 0 Å². The van der Waals surface area contributed by atoms with Crippen molar-refractivity contribution >= 4 is 0 Å². The zero-order chi connectivity index (χ0) is 6.15. The van der Waals surface area contributed by atoms with E-state index in [-0.39, 0.29) is 5.95 Å². The van der Waals surface area contributed by atoms with Crippen LogP contribution in [0, 0.1) is 12.9 Å². The molecule has 1 rings (SSSR count). The molecule has 0 amide bonds. The van der Waals surface area contributed by atoms with Gasteiger partial charge in [0, 0.05) is 18.8 Å². The van der Waals surface area contributed by atoms with Crippen molar-refractivity contribution in [1.29, 1.82) is 0 Å². The Bertz CT molecular complexity index is 173. The number of hydrogen-bond donors (Lipinski definition) is 0. The minimum absolute atomic E-state index is 0.382. The molecule has 2 nitrogen and oxygen atoms in total. The molecule has 0 spiro atoms. The molecule has 0 aromatic carbocycles. The average molecular weight is 114 g/mol. The molecule has 0 aliphatic heterocycles. The second-order valence-corrected chi connectivity index (χ2v) is 1.78. The lowest BCUT2D eigenvalue weighted by Gasteiger charge is -1.78. The van der Waals surface area contributed by atoms with Gasteiger partial charge in [0.2, 0.25) is 5.95 Å². The maximum absolute atomic E-state index is 12.2. The zero-order valence-corrected chi connectivity index (χ0v) is 4.85. The van der Waals surface area contributed by atoms with E-state index in [2.05, 4.69) is 5.10 Å². The van der Waals surface area contributed by atoms with Crippen LogP contribution in [0.2, 0.25) is 0 Å². The molecule has 1 aromatic heterocycles. The number of hydrogen-bond acceptors (Lipinski definition) is 1. The van der Waals surface area contributed by atoms with Crippen LogP contribution in [0.1, 0.15) is 5.56 Å². The molecule has 8 heavy (non-hydrogen) atoms. The monoisotopic (exact) mass is 114 g/mol. The van der Waals surface area contributed by atoms with Crippen LogP contribution in [-0.4, -0.2) is 9.78 Å². The normalized spacial score (nSPS) is 9.88. The Balaban J connectivity index is 3.14. The van der Waals surface area contributed by atoms with E-state index in [1.165, 1.54) is 4.68 Å². The van der Waals surface area contributed by atoms with E-state index in [4.69, 9.17) is 0 Å². The van der Waals surface area contributed by atoms with Crippen molar-refractivity contribution in [3.8, 4) is 0 Å². The van der Waals surface area contributed by atoms with Crippen molar-refractivity contribution < 1.29 is 4.39 Å². The molecule has 0 saturated carbocycles. The van der Waals surface area contributed by atoms with E-state index in [9.17, 15) is 4.39 Å². The first-order valence-corrected chi connectivity index (χ1v) is 2.36. The third-order valence-electron chi connectivity index (χ3n) is 0.951. The molecule has 3 heteroatoms. The highest BCUT2D eigenvalue weighted by atomic mass is 19.1. The summed E-state index contributed by atoms with van der Waals surface area (Å²) in [7, 11) is 1.69. The number of aromatic nitrogens is 2. The summed E-state index contributed by atoms with van der Waals surface area (Å²) >= 11 is 0. The van der Waals surface area contributed by atoms with Crippen LogP contribution in [0.25, 0.3) is 0 Å². The Kier molecular flexibility index (Phi) is 1.04. The summed E-state index contributed by atoms with van der Waals surface area (Å²) in [6, 6.07) is 0. The van der Waals surface area contributed by atoms with Gasteiger partial charge in [-0.15, -0.1) is 5.10 Å². The fourth-order valence-electron chi connectivity index (χ4n) is 0.580. The molecule has 0 saturated heterocycles. The van der Waals surface area contributed by atoms with Crippen molar-refractivity contribution in [2.45, 2.75) is 6.92 Å². The van der Waals surface area contributed by atoms with Gasteiger partial charge in [0.25, 0.3) is 0 Å². The third kappa shape index (κ3) is 0.710. The van der Waals surface area contributed by atoms with Gasteiger partial charge in [0.15, 0.2) is 0 Å². The maximum atomic E-state index is 12.2. The van der Waals surface area contributed by atoms with E-state index in [0.717, 1.165) is 0 Å². The van der Waals surface area contributed by atoms with Gasteiger partial charge in [-0.05, 0) is 6.92 Å². The number of rotatable bonds is 0. The number of aryl methyl sites for hydroxylation is 2. The highest BCUT2D eigenvalue weighted by Crippen LogP contribution is 1.98.